The molecule has 0 fully saturated rings. The van der Waals surface area contributed by atoms with Crippen LogP contribution in [-0.2, 0) is 0 Å². The van der Waals surface area contributed by atoms with Crippen molar-refractivity contribution in [2.75, 3.05) is 18.4 Å². The Morgan fingerprint density at radius 3 is 2.85 bits per heavy atom. The summed E-state index contributed by atoms with van der Waals surface area (Å²) in [7, 11) is 0. The fourth-order valence-electron chi connectivity index (χ4n) is 1.19. The summed E-state index contributed by atoms with van der Waals surface area (Å²) >= 11 is 1.76. The van der Waals surface area contributed by atoms with Gasteiger partial charge in [0.1, 0.15) is 0 Å². The molecule has 1 aromatic rings. The number of aryl methyl sites for hydroxylation is 1. The lowest BCUT2D eigenvalue weighted by molar-refractivity contribution is 0.549. The maximum Gasteiger partial charge on any atom is 0.0912 e. The highest BCUT2D eigenvalue weighted by Gasteiger charge is 2.04. The number of rotatable bonds is 5. The van der Waals surface area contributed by atoms with Gasteiger partial charge < -0.3 is 11.1 Å². The number of hydrogen-bond acceptors (Lipinski definition) is 3. The summed E-state index contributed by atoms with van der Waals surface area (Å²) in [6.45, 7) is 6.07. The van der Waals surface area contributed by atoms with Crippen molar-refractivity contribution in [1.82, 2.24) is 0 Å². The third-order valence-electron chi connectivity index (χ3n) is 2.32. The van der Waals surface area contributed by atoms with E-state index in [-0.39, 0.29) is 0 Å². The molecule has 74 valence electrons. The first-order chi connectivity index (χ1) is 6.27. The summed E-state index contributed by atoms with van der Waals surface area (Å²) < 4.78 is 0. The molecule has 0 aliphatic rings. The van der Waals surface area contributed by atoms with Crippen LogP contribution in [0.1, 0.15) is 18.9 Å². The normalized spacial score (nSPS) is 12.8. The molecular weight excluding hydrogens is 180 g/mol. The van der Waals surface area contributed by atoms with Crippen LogP contribution in [0, 0.1) is 12.8 Å². The van der Waals surface area contributed by atoms with E-state index in [1.807, 2.05) is 0 Å². The predicted molar refractivity (Wildman–Crippen MR) is 60.4 cm³/mol. The molecule has 0 spiro atoms. The molecule has 0 aliphatic heterocycles. The van der Waals surface area contributed by atoms with Crippen LogP contribution in [-0.4, -0.2) is 13.1 Å². The van der Waals surface area contributed by atoms with Crippen LogP contribution in [0.3, 0.4) is 0 Å². The van der Waals surface area contributed by atoms with Crippen LogP contribution in [0.4, 0.5) is 5.00 Å². The Hall–Kier alpha value is -0.540. The van der Waals surface area contributed by atoms with Crippen LogP contribution in [0.5, 0.6) is 0 Å². The van der Waals surface area contributed by atoms with Gasteiger partial charge in [0.25, 0.3) is 0 Å². The predicted octanol–water partition coefficient (Wildman–Crippen LogP) is 2.45. The number of nitrogens with one attached hydrogen (secondary N) is 1. The smallest absolute Gasteiger partial charge is 0.0912 e. The molecule has 1 aromatic heterocycles. The van der Waals surface area contributed by atoms with Gasteiger partial charge in [0.2, 0.25) is 0 Å². The Morgan fingerprint density at radius 1 is 1.62 bits per heavy atom. The average molecular weight is 198 g/mol. The Balaban J connectivity index is 2.38. The number of hydrogen-bond donors (Lipinski definition) is 2. The minimum atomic E-state index is 0.599. The summed E-state index contributed by atoms with van der Waals surface area (Å²) in [5.41, 5.74) is 6.95. The van der Waals surface area contributed by atoms with Crippen molar-refractivity contribution < 1.29 is 0 Å². The molecule has 3 N–H and O–H groups in total. The van der Waals surface area contributed by atoms with Gasteiger partial charge in [-0.15, -0.1) is 11.3 Å². The molecule has 2 nitrogen and oxygen atoms in total. The van der Waals surface area contributed by atoms with Crippen molar-refractivity contribution in [2.45, 2.75) is 20.3 Å². The van der Waals surface area contributed by atoms with Gasteiger partial charge in [-0.3, -0.25) is 0 Å². The molecule has 13 heavy (non-hydrogen) atoms. The minimum Gasteiger partial charge on any atom is -0.376 e. The van der Waals surface area contributed by atoms with E-state index in [0.29, 0.717) is 5.92 Å². The Labute approximate surface area is 84.2 Å². The summed E-state index contributed by atoms with van der Waals surface area (Å²) in [5.74, 6) is 0.599. The number of thiophene rings is 1. The van der Waals surface area contributed by atoms with Gasteiger partial charge in [0.15, 0.2) is 0 Å². The fourth-order valence-corrected chi connectivity index (χ4v) is 2.01. The summed E-state index contributed by atoms with van der Waals surface area (Å²) in [4.78, 5) is 0. The van der Waals surface area contributed by atoms with E-state index in [1.165, 1.54) is 10.6 Å². The zero-order valence-electron chi connectivity index (χ0n) is 8.34. The minimum absolute atomic E-state index is 0.599. The van der Waals surface area contributed by atoms with E-state index in [1.54, 1.807) is 11.3 Å². The highest BCUT2D eigenvalue weighted by Crippen LogP contribution is 2.22. The van der Waals surface area contributed by atoms with Gasteiger partial charge in [-0.1, -0.05) is 13.3 Å². The number of anilines is 1. The first kappa shape index (κ1) is 10.5. The van der Waals surface area contributed by atoms with E-state index in [2.05, 4.69) is 30.6 Å². The van der Waals surface area contributed by atoms with Crippen LogP contribution in [0.25, 0.3) is 0 Å². The Bertz CT molecular complexity index is 241. The highest BCUT2D eigenvalue weighted by molar-refractivity contribution is 7.14. The maximum absolute atomic E-state index is 5.62. The molecule has 3 heteroatoms. The molecule has 0 aromatic carbocycles. The molecule has 1 heterocycles. The second-order valence-corrected chi connectivity index (χ2v) is 4.24. The monoisotopic (exact) mass is 198 g/mol. The molecule has 0 bridgehead atoms. The van der Waals surface area contributed by atoms with Gasteiger partial charge >= 0.3 is 0 Å². The third-order valence-corrected chi connectivity index (χ3v) is 3.30. The largest absolute Gasteiger partial charge is 0.376 e. The molecule has 1 atom stereocenters. The summed E-state index contributed by atoms with van der Waals surface area (Å²) in [5, 5.41) is 6.83. The van der Waals surface area contributed by atoms with E-state index in [9.17, 15) is 0 Å². The van der Waals surface area contributed by atoms with Gasteiger partial charge in [0.05, 0.1) is 5.00 Å². The van der Waals surface area contributed by atoms with Crippen molar-refractivity contribution in [3.63, 3.8) is 0 Å². The molecule has 0 saturated heterocycles. The molecule has 0 amide bonds. The van der Waals surface area contributed by atoms with Gasteiger partial charge in [0, 0.05) is 6.54 Å². The quantitative estimate of drug-likeness (QED) is 0.762. The van der Waals surface area contributed by atoms with Gasteiger partial charge in [-0.25, -0.2) is 0 Å². The third kappa shape index (κ3) is 3.01. The van der Waals surface area contributed by atoms with Gasteiger partial charge in [-0.05, 0) is 36.4 Å². The first-order valence-corrected chi connectivity index (χ1v) is 5.64. The zero-order chi connectivity index (χ0) is 9.68. The summed E-state index contributed by atoms with van der Waals surface area (Å²) in [6.07, 6.45) is 1.15. The highest BCUT2D eigenvalue weighted by atomic mass is 32.1. The molecule has 0 saturated carbocycles. The van der Waals surface area contributed by atoms with Crippen molar-refractivity contribution in [1.29, 1.82) is 0 Å². The van der Waals surface area contributed by atoms with Crippen molar-refractivity contribution in [3.05, 3.63) is 17.0 Å². The number of nitrogens with two attached hydrogens (primary N) is 1. The SMILES string of the molecule is CCC(CN)CNc1sccc1C. The van der Waals surface area contributed by atoms with Crippen LogP contribution >= 0.6 is 11.3 Å². The topological polar surface area (TPSA) is 38.0 Å². The van der Waals surface area contributed by atoms with E-state index in [4.69, 9.17) is 5.73 Å². The second kappa shape index (κ2) is 5.25. The first-order valence-electron chi connectivity index (χ1n) is 4.76. The second-order valence-electron chi connectivity index (χ2n) is 3.32. The lowest BCUT2D eigenvalue weighted by atomic mass is 10.1. The Morgan fingerprint density at radius 2 is 2.38 bits per heavy atom. The van der Waals surface area contributed by atoms with Crippen molar-refractivity contribution >= 4 is 16.3 Å². The molecule has 0 aliphatic carbocycles. The average Bonchev–Trinajstić information content (AvgIpc) is 2.54. The molecule has 1 rings (SSSR count). The van der Waals surface area contributed by atoms with Crippen LogP contribution in [0.15, 0.2) is 11.4 Å². The molecule has 1 unspecified atom stereocenters. The zero-order valence-corrected chi connectivity index (χ0v) is 9.16. The molecule has 0 radical (unpaired) electrons. The lowest BCUT2D eigenvalue weighted by Crippen LogP contribution is -2.21. The van der Waals surface area contributed by atoms with Crippen LogP contribution < -0.4 is 11.1 Å². The van der Waals surface area contributed by atoms with Crippen LogP contribution in [0.2, 0.25) is 0 Å². The van der Waals surface area contributed by atoms with E-state index >= 15 is 0 Å². The summed E-state index contributed by atoms with van der Waals surface area (Å²) in [6, 6.07) is 2.14. The van der Waals surface area contributed by atoms with Crippen molar-refractivity contribution in [2.24, 2.45) is 11.7 Å². The van der Waals surface area contributed by atoms with E-state index < -0.39 is 0 Å². The van der Waals surface area contributed by atoms with Crippen molar-refractivity contribution in [3.8, 4) is 0 Å². The van der Waals surface area contributed by atoms with E-state index in [0.717, 1.165) is 19.5 Å². The maximum atomic E-state index is 5.62. The van der Waals surface area contributed by atoms with Gasteiger partial charge in [-0.2, -0.15) is 0 Å². The lowest BCUT2D eigenvalue weighted by Gasteiger charge is -2.13. The molecular formula is C10H18N2S. The Kier molecular flexibility index (Phi) is 4.25. The fraction of sp³-hybridized carbons (Fsp3) is 0.600. The standard InChI is InChI=1S/C10H18N2S/c1-3-9(6-11)7-12-10-8(2)4-5-13-10/h4-5,9,12H,3,6-7,11H2,1-2H3.